The Morgan fingerprint density at radius 3 is 2.60 bits per heavy atom. The summed E-state index contributed by atoms with van der Waals surface area (Å²) in [6.07, 6.45) is 0. The van der Waals surface area contributed by atoms with Crippen LogP contribution in [0.2, 0.25) is 0 Å². The molecule has 0 heterocycles. The van der Waals surface area contributed by atoms with Gasteiger partial charge in [0.25, 0.3) is 0 Å². The highest BCUT2D eigenvalue weighted by molar-refractivity contribution is 7.80. The lowest BCUT2D eigenvalue weighted by Gasteiger charge is -2.09. The van der Waals surface area contributed by atoms with Crippen LogP contribution < -0.4 is 4.74 Å². The normalized spacial score (nSPS) is 9.20. The maximum atomic E-state index is 11.4. The average Bonchev–Trinajstić information content (AvgIpc) is 2.27. The van der Waals surface area contributed by atoms with Crippen LogP contribution in [0.5, 0.6) is 5.75 Å². The maximum absolute atomic E-state index is 11.4. The van der Waals surface area contributed by atoms with Gasteiger partial charge in [0.1, 0.15) is 11.8 Å². The van der Waals surface area contributed by atoms with Crippen LogP contribution >= 0.6 is 12.6 Å². The molecule has 1 aromatic rings. The van der Waals surface area contributed by atoms with E-state index in [1.54, 1.807) is 6.07 Å². The Labute approximate surface area is 92.8 Å². The molecule has 0 amide bonds. The molecule has 15 heavy (non-hydrogen) atoms. The van der Waals surface area contributed by atoms with Crippen molar-refractivity contribution in [3.05, 3.63) is 23.3 Å². The van der Waals surface area contributed by atoms with Gasteiger partial charge in [-0.25, -0.2) is 4.79 Å². The van der Waals surface area contributed by atoms with Crippen LogP contribution in [0.15, 0.2) is 17.0 Å². The van der Waals surface area contributed by atoms with Gasteiger partial charge in [-0.05, 0) is 12.1 Å². The van der Waals surface area contributed by atoms with Crippen LogP contribution in [0.3, 0.4) is 0 Å². The maximum Gasteiger partial charge on any atom is 0.340 e. The fourth-order valence-corrected chi connectivity index (χ4v) is 1.52. The third-order valence-corrected chi connectivity index (χ3v) is 2.31. The molecule has 0 radical (unpaired) electrons. The summed E-state index contributed by atoms with van der Waals surface area (Å²) in [4.78, 5) is 11.7. The van der Waals surface area contributed by atoms with Crippen molar-refractivity contribution in [2.75, 3.05) is 14.2 Å². The van der Waals surface area contributed by atoms with E-state index in [2.05, 4.69) is 17.4 Å². The second-order valence-electron chi connectivity index (χ2n) is 2.64. The second-order valence-corrected chi connectivity index (χ2v) is 3.09. The van der Waals surface area contributed by atoms with E-state index in [9.17, 15) is 4.79 Å². The number of ether oxygens (including phenoxy) is 2. The van der Waals surface area contributed by atoms with Crippen molar-refractivity contribution in [1.82, 2.24) is 0 Å². The van der Waals surface area contributed by atoms with Crippen molar-refractivity contribution in [1.29, 1.82) is 5.26 Å². The molecule has 0 atom stereocenters. The number of carbonyl (C=O) groups excluding carboxylic acids is 1. The molecule has 0 N–H and O–H groups in total. The Morgan fingerprint density at radius 1 is 1.47 bits per heavy atom. The molecule has 4 nitrogen and oxygen atoms in total. The number of benzene rings is 1. The molecule has 78 valence electrons. The van der Waals surface area contributed by atoms with E-state index in [4.69, 9.17) is 10.00 Å². The first-order valence-electron chi connectivity index (χ1n) is 4.04. The first-order valence-corrected chi connectivity index (χ1v) is 4.48. The Hall–Kier alpha value is -1.67. The Bertz CT molecular complexity index is 437. The fourth-order valence-electron chi connectivity index (χ4n) is 1.14. The van der Waals surface area contributed by atoms with Gasteiger partial charge >= 0.3 is 5.97 Å². The summed E-state index contributed by atoms with van der Waals surface area (Å²) in [5.74, 6) is -0.173. The molecule has 0 saturated heterocycles. The number of carbonyl (C=O) groups is 1. The highest BCUT2D eigenvalue weighted by atomic mass is 32.1. The second kappa shape index (κ2) is 4.71. The number of methoxy groups -OCH3 is 2. The number of rotatable bonds is 2. The molecule has 0 aliphatic heterocycles. The summed E-state index contributed by atoms with van der Waals surface area (Å²) < 4.78 is 9.55. The number of nitrogens with zero attached hydrogens (tertiary/aromatic N) is 1. The van der Waals surface area contributed by atoms with Gasteiger partial charge in [-0.1, -0.05) is 0 Å². The monoisotopic (exact) mass is 223 g/mol. The number of hydrogen-bond donors (Lipinski definition) is 1. The van der Waals surface area contributed by atoms with Gasteiger partial charge in [0.05, 0.1) is 30.2 Å². The van der Waals surface area contributed by atoms with E-state index in [0.29, 0.717) is 10.6 Å². The zero-order valence-electron chi connectivity index (χ0n) is 8.27. The number of thiol groups is 1. The quantitative estimate of drug-likeness (QED) is 0.611. The van der Waals surface area contributed by atoms with Gasteiger partial charge in [-0.3, -0.25) is 0 Å². The van der Waals surface area contributed by atoms with Crippen molar-refractivity contribution in [3.63, 3.8) is 0 Å². The standard InChI is InChI=1S/C10H9NO3S/c1-13-7-4-3-6(5-11)8(9(7)15)10(12)14-2/h3-4,15H,1-2H3. The van der Waals surface area contributed by atoms with Crippen molar-refractivity contribution in [2.24, 2.45) is 0 Å². The van der Waals surface area contributed by atoms with Crippen LogP contribution in [0.4, 0.5) is 0 Å². The van der Waals surface area contributed by atoms with Crippen molar-refractivity contribution < 1.29 is 14.3 Å². The highest BCUT2D eigenvalue weighted by Crippen LogP contribution is 2.29. The van der Waals surface area contributed by atoms with Crippen LogP contribution in [0, 0.1) is 11.3 Å². The highest BCUT2D eigenvalue weighted by Gasteiger charge is 2.18. The molecule has 1 rings (SSSR count). The van der Waals surface area contributed by atoms with E-state index in [1.807, 2.05) is 6.07 Å². The summed E-state index contributed by atoms with van der Waals surface area (Å²) in [5.41, 5.74) is 0.343. The lowest BCUT2D eigenvalue weighted by Crippen LogP contribution is -2.06. The van der Waals surface area contributed by atoms with Gasteiger partial charge in [0.2, 0.25) is 0 Å². The van der Waals surface area contributed by atoms with Crippen LogP contribution in [-0.4, -0.2) is 20.2 Å². The lowest BCUT2D eigenvalue weighted by atomic mass is 10.1. The van der Waals surface area contributed by atoms with Gasteiger partial charge < -0.3 is 9.47 Å². The molecule has 0 aliphatic rings. The van der Waals surface area contributed by atoms with Gasteiger partial charge in [0, 0.05) is 0 Å². The van der Waals surface area contributed by atoms with Crippen LogP contribution in [0.1, 0.15) is 15.9 Å². The number of esters is 1. The van der Waals surface area contributed by atoms with Crippen LogP contribution in [0.25, 0.3) is 0 Å². The topological polar surface area (TPSA) is 59.3 Å². The molecule has 1 aromatic carbocycles. The summed E-state index contributed by atoms with van der Waals surface area (Å²) >= 11 is 4.13. The zero-order chi connectivity index (χ0) is 11.4. The van der Waals surface area contributed by atoms with Crippen LogP contribution in [-0.2, 0) is 4.74 Å². The molecule has 0 aromatic heterocycles. The summed E-state index contributed by atoms with van der Waals surface area (Å²) in [5, 5.41) is 8.82. The Morgan fingerprint density at radius 2 is 2.13 bits per heavy atom. The molecule has 0 unspecified atom stereocenters. The predicted molar refractivity (Wildman–Crippen MR) is 56.3 cm³/mol. The van der Waals surface area contributed by atoms with Gasteiger partial charge in [-0.2, -0.15) is 5.26 Å². The predicted octanol–water partition coefficient (Wildman–Crippen LogP) is 1.64. The molecule has 0 fully saturated rings. The van der Waals surface area contributed by atoms with Crippen molar-refractivity contribution >= 4 is 18.6 Å². The first-order chi connectivity index (χ1) is 7.15. The summed E-state index contributed by atoms with van der Waals surface area (Å²) in [6.45, 7) is 0. The molecular formula is C10H9NO3S. The molecule has 0 spiro atoms. The van der Waals surface area contributed by atoms with E-state index in [1.165, 1.54) is 20.3 Å². The fraction of sp³-hybridized carbons (Fsp3) is 0.200. The average molecular weight is 223 g/mol. The third-order valence-electron chi connectivity index (χ3n) is 1.87. The van der Waals surface area contributed by atoms with Gasteiger partial charge in [-0.15, -0.1) is 12.6 Å². The molecule has 5 heteroatoms. The zero-order valence-corrected chi connectivity index (χ0v) is 9.17. The smallest absolute Gasteiger partial charge is 0.340 e. The summed E-state index contributed by atoms with van der Waals surface area (Å²) in [7, 11) is 2.71. The van der Waals surface area contributed by atoms with Crippen molar-refractivity contribution in [3.8, 4) is 11.8 Å². The number of hydrogen-bond acceptors (Lipinski definition) is 5. The molecular weight excluding hydrogens is 214 g/mol. The lowest BCUT2D eigenvalue weighted by molar-refractivity contribution is 0.0596. The third kappa shape index (κ3) is 2.05. The van der Waals surface area contributed by atoms with E-state index in [0.717, 1.165) is 0 Å². The molecule has 0 saturated carbocycles. The van der Waals surface area contributed by atoms with Gasteiger partial charge in [0.15, 0.2) is 0 Å². The molecule has 0 aliphatic carbocycles. The number of nitriles is 1. The minimum Gasteiger partial charge on any atom is -0.496 e. The Kier molecular flexibility index (Phi) is 3.58. The van der Waals surface area contributed by atoms with E-state index in [-0.39, 0.29) is 11.1 Å². The SMILES string of the molecule is COC(=O)c1c(C#N)ccc(OC)c1S. The van der Waals surface area contributed by atoms with E-state index >= 15 is 0 Å². The Balaban J connectivity index is 3.44. The van der Waals surface area contributed by atoms with Crippen molar-refractivity contribution in [2.45, 2.75) is 4.90 Å². The minimum atomic E-state index is -0.601. The largest absolute Gasteiger partial charge is 0.496 e. The molecule has 0 bridgehead atoms. The van der Waals surface area contributed by atoms with E-state index < -0.39 is 5.97 Å². The summed E-state index contributed by atoms with van der Waals surface area (Å²) in [6, 6.07) is 4.97. The first kappa shape index (κ1) is 11.4. The minimum absolute atomic E-state index is 0.127.